The largest absolute Gasteiger partial charge is 0.495 e. The lowest BCUT2D eigenvalue weighted by atomic mass is 10.0. The number of benzene rings is 2. The van der Waals surface area contributed by atoms with Crippen LogP contribution in [-0.2, 0) is 10.0 Å². The summed E-state index contributed by atoms with van der Waals surface area (Å²) in [7, 11) is -2.11. The molecule has 1 fully saturated rings. The number of nitrogens with zero attached hydrogens (tertiary/aromatic N) is 1. The summed E-state index contributed by atoms with van der Waals surface area (Å²) in [5, 5.41) is 0.284. The summed E-state index contributed by atoms with van der Waals surface area (Å²) < 4.78 is 33.2. The average Bonchev–Trinajstić information content (AvgIpc) is 2.68. The lowest BCUT2D eigenvalue weighted by Crippen LogP contribution is -2.45. The monoisotopic (exact) mass is 408 g/mol. The van der Waals surface area contributed by atoms with Crippen molar-refractivity contribution in [1.29, 1.82) is 0 Å². The van der Waals surface area contributed by atoms with E-state index in [1.165, 1.54) is 24.8 Å². The van der Waals surface area contributed by atoms with E-state index in [0.29, 0.717) is 11.8 Å². The first-order chi connectivity index (χ1) is 12.9. The van der Waals surface area contributed by atoms with Crippen LogP contribution in [0.1, 0.15) is 31.4 Å². The summed E-state index contributed by atoms with van der Waals surface area (Å²) in [6.07, 6.45) is 1.56. The van der Waals surface area contributed by atoms with E-state index in [9.17, 15) is 8.42 Å². The zero-order valence-electron chi connectivity index (χ0n) is 15.6. The molecule has 1 saturated heterocycles. The van der Waals surface area contributed by atoms with Gasteiger partial charge in [-0.05, 0) is 43.5 Å². The van der Waals surface area contributed by atoms with Gasteiger partial charge < -0.3 is 4.74 Å². The van der Waals surface area contributed by atoms with Crippen molar-refractivity contribution in [2.24, 2.45) is 0 Å². The van der Waals surface area contributed by atoms with Crippen molar-refractivity contribution in [2.45, 2.75) is 36.7 Å². The lowest BCUT2D eigenvalue weighted by Gasteiger charge is -2.36. The highest BCUT2D eigenvalue weighted by Crippen LogP contribution is 2.28. The van der Waals surface area contributed by atoms with E-state index in [2.05, 4.69) is 28.7 Å². The Hall–Kier alpha value is -1.60. The Morgan fingerprint density at radius 2 is 1.81 bits per heavy atom. The fourth-order valence-corrected chi connectivity index (χ4v) is 5.10. The molecule has 1 heterocycles. The maximum absolute atomic E-state index is 12.7. The van der Waals surface area contributed by atoms with Gasteiger partial charge in [0, 0.05) is 25.2 Å². The van der Waals surface area contributed by atoms with Crippen LogP contribution < -0.4 is 9.46 Å². The van der Waals surface area contributed by atoms with Crippen LogP contribution in [0.15, 0.2) is 53.4 Å². The zero-order chi connectivity index (χ0) is 19.4. The van der Waals surface area contributed by atoms with Crippen LogP contribution in [0.3, 0.4) is 0 Å². The zero-order valence-corrected chi connectivity index (χ0v) is 17.1. The smallest absolute Gasteiger partial charge is 0.240 e. The van der Waals surface area contributed by atoms with Gasteiger partial charge in [0.15, 0.2) is 0 Å². The number of sulfonamides is 1. The Bertz CT molecular complexity index is 866. The van der Waals surface area contributed by atoms with E-state index in [1.807, 2.05) is 18.2 Å². The van der Waals surface area contributed by atoms with Gasteiger partial charge in [0.05, 0.1) is 17.0 Å². The van der Waals surface area contributed by atoms with Gasteiger partial charge in [-0.3, -0.25) is 4.90 Å². The van der Waals surface area contributed by atoms with Crippen molar-refractivity contribution in [3.8, 4) is 5.75 Å². The Labute approximate surface area is 166 Å². The number of hydrogen-bond acceptors (Lipinski definition) is 4. The van der Waals surface area contributed by atoms with Crippen LogP contribution in [0.5, 0.6) is 5.75 Å². The molecule has 2 aromatic rings. The number of piperidine rings is 1. The molecule has 1 aliphatic rings. The quantitative estimate of drug-likeness (QED) is 0.788. The molecule has 0 spiro atoms. The van der Waals surface area contributed by atoms with Crippen LogP contribution in [0, 0.1) is 0 Å². The Morgan fingerprint density at radius 1 is 1.15 bits per heavy atom. The normalized spacial score (nSPS) is 17.6. The van der Waals surface area contributed by atoms with Crippen LogP contribution in [-0.4, -0.2) is 39.6 Å². The highest BCUT2D eigenvalue weighted by atomic mass is 35.5. The number of rotatable bonds is 6. The number of halogens is 1. The molecule has 0 aromatic heterocycles. The maximum Gasteiger partial charge on any atom is 0.240 e. The molecule has 5 nitrogen and oxygen atoms in total. The molecule has 0 aliphatic carbocycles. The fraction of sp³-hybridized carbons (Fsp3) is 0.400. The molecular formula is C20H25ClN2O3S. The Morgan fingerprint density at radius 3 is 2.41 bits per heavy atom. The minimum Gasteiger partial charge on any atom is -0.495 e. The molecule has 1 N–H and O–H groups in total. The number of hydrogen-bond donors (Lipinski definition) is 1. The minimum atomic E-state index is -3.61. The summed E-state index contributed by atoms with van der Waals surface area (Å²) in [4.78, 5) is 2.55. The Kier molecular flexibility index (Phi) is 6.42. The van der Waals surface area contributed by atoms with Crippen molar-refractivity contribution in [2.75, 3.05) is 20.2 Å². The van der Waals surface area contributed by atoms with Crippen molar-refractivity contribution in [3.05, 3.63) is 59.1 Å². The second-order valence-corrected chi connectivity index (χ2v) is 8.94. The second-order valence-electron chi connectivity index (χ2n) is 6.81. The SMILES string of the molecule is COc1ccc(S(=O)(=O)NC2CCN(C(C)c3ccccc3)CC2)cc1Cl. The molecule has 27 heavy (non-hydrogen) atoms. The van der Waals surface area contributed by atoms with Gasteiger partial charge in [0.25, 0.3) is 0 Å². The molecule has 0 amide bonds. The predicted octanol–water partition coefficient (Wildman–Crippen LogP) is 3.85. The van der Waals surface area contributed by atoms with Crippen molar-refractivity contribution in [3.63, 3.8) is 0 Å². The van der Waals surface area contributed by atoms with Gasteiger partial charge in [0.2, 0.25) is 10.0 Å². The third kappa shape index (κ3) is 4.82. The van der Waals surface area contributed by atoms with Crippen molar-refractivity contribution < 1.29 is 13.2 Å². The van der Waals surface area contributed by atoms with E-state index >= 15 is 0 Å². The third-order valence-electron chi connectivity index (χ3n) is 5.11. The number of likely N-dealkylation sites (tertiary alicyclic amines) is 1. The number of methoxy groups -OCH3 is 1. The molecule has 1 unspecified atom stereocenters. The van der Waals surface area contributed by atoms with Gasteiger partial charge >= 0.3 is 0 Å². The molecule has 0 saturated carbocycles. The Balaban J connectivity index is 1.60. The van der Waals surface area contributed by atoms with E-state index in [4.69, 9.17) is 16.3 Å². The predicted molar refractivity (Wildman–Crippen MR) is 108 cm³/mol. The van der Waals surface area contributed by atoms with Crippen LogP contribution >= 0.6 is 11.6 Å². The second kappa shape index (κ2) is 8.61. The van der Waals surface area contributed by atoms with Crippen molar-refractivity contribution in [1.82, 2.24) is 9.62 Å². The lowest BCUT2D eigenvalue weighted by molar-refractivity contribution is 0.159. The summed E-state index contributed by atoms with van der Waals surface area (Å²) >= 11 is 6.07. The molecule has 146 valence electrons. The molecule has 2 aromatic carbocycles. The van der Waals surface area contributed by atoms with Crippen LogP contribution in [0.2, 0.25) is 5.02 Å². The molecule has 7 heteroatoms. The summed E-state index contributed by atoms with van der Waals surface area (Å²) in [5.74, 6) is 0.457. The first-order valence-electron chi connectivity index (χ1n) is 9.05. The molecular weight excluding hydrogens is 384 g/mol. The maximum atomic E-state index is 12.7. The first-order valence-corrected chi connectivity index (χ1v) is 10.9. The van der Waals surface area contributed by atoms with Crippen LogP contribution in [0.4, 0.5) is 0 Å². The van der Waals surface area contributed by atoms with E-state index in [-0.39, 0.29) is 16.0 Å². The molecule has 0 radical (unpaired) electrons. The average molecular weight is 409 g/mol. The summed E-state index contributed by atoms with van der Waals surface area (Å²) in [5.41, 5.74) is 1.28. The third-order valence-corrected chi connectivity index (χ3v) is 6.93. The van der Waals surface area contributed by atoms with E-state index < -0.39 is 10.0 Å². The van der Waals surface area contributed by atoms with Crippen LogP contribution in [0.25, 0.3) is 0 Å². The molecule has 1 aliphatic heterocycles. The number of nitrogens with one attached hydrogen (secondary N) is 1. The first kappa shape index (κ1) is 20.1. The molecule has 1 atom stereocenters. The molecule has 3 rings (SSSR count). The minimum absolute atomic E-state index is 0.0740. The van der Waals surface area contributed by atoms with Gasteiger partial charge in [-0.25, -0.2) is 13.1 Å². The van der Waals surface area contributed by atoms with E-state index in [1.54, 1.807) is 6.07 Å². The van der Waals surface area contributed by atoms with Gasteiger partial charge in [-0.15, -0.1) is 0 Å². The fourth-order valence-electron chi connectivity index (χ4n) is 3.45. The van der Waals surface area contributed by atoms with E-state index in [0.717, 1.165) is 25.9 Å². The standard InChI is InChI=1S/C20H25ClN2O3S/c1-15(16-6-4-3-5-7-16)23-12-10-17(11-13-23)22-27(24,25)18-8-9-20(26-2)19(21)14-18/h3-9,14-15,17,22H,10-13H2,1-2H3. The summed E-state index contributed by atoms with van der Waals surface area (Å²) in [6.45, 7) is 3.90. The summed E-state index contributed by atoms with van der Waals surface area (Å²) in [6, 6.07) is 15.1. The van der Waals surface area contributed by atoms with Crippen molar-refractivity contribution >= 4 is 21.6 Å². The van der Waals surface area contributed by atoms with Gasteiger partial charge in [-0.2, -0.15) is 0 Å². The topological polar surface area (TPSA) is 58.6 Å². The van der Waals surface area contributed by atoms with Gasteiger partial charge in [0.1, 0.15) is 5.75 Å². The number of ether oxygens (including phenoxy) is 1. The highest BCUT2D eigenvalue weighted by Gasteiger charge is 2.27. The molecule has 0 bridgehead atoms. The highest BCUT2D eigenvalue weighted by molar-refractivity contribution is 7.89. The van der Waals surface area contributed by atoms with Gasteiger partial charge in [-0.1, -0.05) is 41.9 Å².